The highest BCUT2D eigenvalue weighted by molar-refractivity contribution is 14.1. The van der Waals surface area contributed by atoms with Crippen LogP contribution in [0.5, 0.6) is 5.75 Å². The van der Waals surface area contributed by atoms with Crippen LogP contribution in [-0.2, 0) is 11.4 Å². The summed E-state index contributed by atoms with van der Waals surface area (Å²) in [5.74, 6) is 0.354. The number of anilines is 1. The Morgan fingerprint density at radius 3 is 2.23 bits per heavy atom. The summed E-state index contributed by atoms with van der Waals surface area (Å²) in [5, 5.41) is 12.2. The van der Waals surface area contributed by atoms with E-state index in [1.54, 1.807) is 18.2 Å². The number of halogens is 3. The summed E-state index contributed by atoms with van der Waals surface area (Å²) >= 11 is 6.70. The average Bonchev–Trinajstić information content (AvgIpc) is 2.73. The van der Waals surface area contributed by atoms with Crippen molar-refractivity contribution in [3.63, 3.8) is 0 Å². The van der Waals surface area contributed by atoms with Gasteiger partial charge in [-0.25, -0.2) is 0 Å². The summed E-state index contributed by atoms with van der Waals surface area (Å²) < 4.78 is 9.03. The largest absolute Gasteiger partial charge is 0.487 e. The van der Waals surface area contributed by atoms with Crippen molar-refractivity contribution >= 4 is 85.4 Å². The zero-order valence-electron chi connectivity index (χ0n) is 15.5. The van der Waals surface area contributed by atoms with Crippen LogP contribution in [-0.4, -0.2) is 5.91 Å². The lowest BCUT2D eigenvalue weighted by Crippen LogP contribution is -2.13. The molecule has 0 fully saturated rings. The van der Waals surface area contributed by atoms with E-state index in [2.05, 4.69) is 73.1 Å². The molecule has 0 aliphatic rings. The smallest absolute Gasteiger partial charge is 0.266 e. The molecule has 0 radical (unpaired) electrons. The number of carbonyl (C=O) groups excluding carboxylic acids is 1. The number of nitrogens with one attached hydrogen (secondary N) is 1. The molecule has 1 amide bonds. The highest BCUT2D eigenvalue weighted by atomic mass is 127. The molecule has 30 heavy (non-hydrogen) atoms. The van der Waals surface area contributed by atoms with Crippen LogP contribution in [0.3, 0.4) is 0 Å². The van der Waals surface area contributed by atoms with Crippen LogP contribution in [0, 0.1) is 22.0 Å². The van der Waals surface area contributed by atoms with Gasteiger partial charge in [-0.1, -0.05) is 30.3 Å². The van der Waals surface area contributed by atoms with E-state index in [0.29, 0.717) is 12.3 Å². The fraction of sp³-hybridized carbons (Fsp3) is 0.0435. The first-order valence-electron chi connectivity index (χ1n) is 8.81. The molecule has 3 rings (SSSR count). The molecule has 0 bridgehead atoms. The predicted molar refractivity (Wildman–Crippen MR) is 144 cm³/mol. The molecule has 1 N–H and O–H groups in total. The van der Waals surface area contributed by atoms with Crippen molar-refractivity contribution in [2.45, 2.75) is 6.61 Å². The molecular formula is C23H15I3N2O2. The molecule has 0 unspecified atom stereocenters. The van der Waals surface area contributed by atoms with Gasteiger partial charge in [-0.3, -0.25) is 4.79 Å². The minimum Gasteiger partial charge on any atom is -0.487 e. The van der Waals surface area contributed by atoms with Gasteiger partial charge in [-0.05, 0) is 121 Å². The van der Waals surface area contributed by atoms with E-state index < -0.39 is 5.91 Å². The second kappa shape index (κ2) is 11.1. The molecule has 0 saturated carbocycles. The van der Waals surface area contributed by atoms with E-state index in [1.807, 2.05) is 60.7 Å². The average molecular weight is 732 g/mol. The lowest BCUT2D eigenvalue weighted by Gasteiger charge is -2.12. The topological polar surface area (TPSA) is 62.1 Å². The van der Waals surface area contributed by atoms with E-state index in [0.717, 1.165) is 24.0 Å². The zero-order valence-corrected chi connectivity index (χ0v) is 22.0. The van der Waals surface area contributed by atoms with Crippen LogP contribution in [0.25, 0.3) is 6.08 Å². The predicted octanol–water partition coefficient (Wildman–Crippen LogP) is 6.63. The van der Waals surface area contributed by atoms with Gasteiger partial charge in [0.2, 0.25) is 0 Å². The molecule has 4 nitrogen and oxygen atoms in total. The third-order valence-corrected chi connectivity index (χ3v) is 6.35. The summed E-state index contributed by atoms with van der Waals surface area (Å²) in [6, 6.07) is 23.0. The summed E-state index contributed by atoms with van der Waals surface area (Å²) in [6.45, 7) is 0.473. The quantitative estimate of drug-likeness (QED) is 0.176. The van der Waals surface area contributed by atoms with Crippen molar-refractivity contribution in [2.24, 2.45) is 0 Å². The van der Waals surface area contributed by atoms with Crippen LogP contribution in [0.4, 0.5) is 5.69 Å². The second-order valence-electron chi connectivity index (χ2n) is 6.22. The molecule has 0 spiro atoms. The number of nitriles is 1. The molecule has 0 aliphatic carbocycles. The number of hydrogen-bond acceptors (Lipinski definition) is 3. The maximum absolute atomic E-state index is 12.4. The Bertz CT molecular complexity index is 1100. The Morgan fingerprint density at radius 1 is 1.00 bits per heavy atom. The highest BCUT2D eigenvalue weighted by Crippen LogP contribution is 2.30. The van der Waals surface area contributed by atoms with Gasteiger partial charge >= 0.3 is 0 Å². The molecular weight excluding hydrogens is 717 g/mol. The van der Waals surface area contributed by atoms with Crippen molar-refractivity contribution in [1.82, 2.24) is 0 Å². The molecule has 0 heterocycles. The van der Waals surface area contributed by atoms with Crippen LogP contribution in [0.1, 0.15) is 11.1 Å². The monoisotopic (exact) mass is 732 g/mol. The molecule has 3 aromatic rings. The van der Waals surface area contributed by atoms with E-state index in [-0.39, 0.29) is 5.57 Å². The summed E-state index contributed by atoms with van der Waals surface area (Å²) in [4.78, 5) is 12.4. The summed E-state index contributed by atoms with van der Waals surface area (Å²) in [6.07, 6.45) is 1.59. The van der Waals surface area contributed by atoms with Gasteiger partial charge in [-0.2, -0.15) is 5.26 Å². The molecule has 0 aliphatic heterocycles. The van der Waals surface area contributed by atoms with Crippen molar-refractivity contribution in [1.29, 1.82) is 5.26 Å². The third kappa shape index (κ3) is 6.42. The standard InChI is InChI=1S/C23H15I3N2O2/c24-18-8-6-15(7-9-18)14-30-22-20(25)11-16(12-21(22)26)10-17(13-27)23(29)28-19-4-2-1-3-5-19/h1-12H,14H2,(H,28,29)/b17-10-. The number of carbonyl (C=O) groups is 1. The summed E-state index contributed by atoms with van der Waals surface area (Å²) in [7, 11) is 0. The van der Waals surface area contributed by atoms with Gasteiger partial charge in [0, 0.05) is 9.26 Å². The first-order chi connectivity index (χ1) is 14.5. The number of ether oxygens (including phenoxy) is 1. The number of nitrogens with zero attached hydrogens (tertiary/aromatic N) is 1. The van der Waals surface area contributed by atoms with Crippen molar-refractivity contribution in [3.8, 4) is 11.8 Å². The first kappa shape index (κ1) is 23.0. The molecule has 150 valence electrons. The van der Waals surface area contributed by atoms with Crippen LogP contribution in [0.2, 0.25) is 0 Å². The minimum atomic E-state index is -0.437. The Hall–Kier alpha value is -1.65. The Labute approximate surface area is 216 Å². The van der Waals surface area contributed by atoms with Gasteiger partial charge in [0.05, 0.1) is 7.14 Å². The number of rotatable bonds is 6. The van der Waals surface area contributed by atoms with Crippen molar-refractivity contribution in [3.05, 3.63) is 94.1 Å². The lowest BCUT2D eigenvalue weighted by molar-refractivity contribution is -0.112. The van der Waals surface area contributed by atoms with Gasteiger partial charge in [0.25, 0.3) is 5.91 Å². The number of amides is 1. The van der Waals surface area contributed by atoms with Gasteiger partial charge < -0.3 is 10.1 Å². The SMILES string of the molecule is N#C/C(=C/c1cc(I)c(OCc2ccc(I)cc2)c(I)c1)C(=O)Nc1ccccc1. The Morgan fingerprint density at radius 2 is 1.63 bits per heavy atom. The fourth-order valence-corrected chi connectivity index (χ4v) is 5.06. The fourth-order valence-electron chi connectivity index (χ4n) is 2.57. The van der Waals surface area contributed by atoms with Crippen LogP contribution in [0.15, 0.2) is 72.3 Å². The van der Waals surface area contributed by atoms with E-state index >= 15 is 0 Å². The maximum Gasteiger partial charge on any atom is 0.266 e. The van der Waals surface area contributed by atoms with Gasteiger partial charge in [-0.15, -0.1) is 0 Å². The number of hydrogen-bond donors (Lipinski definition) is 1. The van der Waals surface area contributed by atoms with E-state index in [4.69, 9.17) is 4.74 Å². The van der Waals surface area contributed by atoms with Crippen molar-refractivity contribution in [2.75, 3.05) is 5.32 Å². The Balaban J connectivity index is 1.76. The zero-order chi connectivity index (χ0) is 21.5. The Kier molecular flexibility index (Phi) is 8.52. The maximum atomic E-state index is 12.4. The molecule has 0 atom stereocenters. The second-order valence-corrected chi connectivity index (χ2v) is 9.79. The molecule has 0 aromatic heterocycles. The van der Waals surface area contributed by atoms with E-state index in [1.165, 1.54) is 3.57 Å². The van der Waals surface area contributed by atoms with Crippen LogP contribution >= 0.6 is 67.8 Å². The lowest BCUT2D eigenvalue weighted by atomic mass is 10.1. The molecule has 3 aromatic carbocycles. The third-order valence-electron chi connectivity index (χ3n) is 4.02. The van der Waals surface area contributed by atoms with Crippen LogP contribution < -0.4 is 10.1 Å². The minimum absolute atomic E-state index is 0.0398. The van der Waals surface area contributed by atoms with E-state index in [9.17, 15) is 10.1 Å². The molecule has 7 heteroatoms. The molecule has 0 saturated heterocycles. The van der Waals surface area contributed by atoms with Gasteiger partial charge in [0.1, 0.15) is 24.0 Å². The highest BCUT2D eigenvalue weighted by Gasteiger charge is 2.13. The summed E-state index contributed by atoms with van der Waals surface area (Å²) in [5.41, 5.74) is 2.55. The van der Waals surface area contributed by atoms with Gasteiger partial charge in [0.15, 0.2) is 0 Å². The first-order valence-corrected chi connectivity index (χ1v) is 12.0. The number of para-hydroxylation sites is 1. The number of benzene rings is 3. The van der Waals surface area contributed by atoms with Crippen molar-refractivity contribution < 1.29 is 9.53 Å². The normalized spacial score (nSPS) is 10.9.